The summed E-state index contributed by atoms with van der Waals surface area (Å²) < 4.78 is 0. The first-order valence-electron chi connectivity index (χ1n) is 3.29. The van der Waals surface area contributed by atoms with E-state index in [0.717, 1.165) is 23.5 Å². The third-order valence-corrected chi connectivity index (χ3v) is 1.55. The summed E-state index contributed by atoms with van der Waals surface area (Å²) in [5.74, 6) is 0. The van der Waals surface area contributed by atoms with Crippen LogP contribution in [0.5, 0.6) is 0 Å². The quantitative estimate of drug-likeness (QED) is 0.624. The smallest absolute Gasteiger partial charge is 0.0809 e. The van der Waals surface area contributed by atoms with E-state index in [1.165, 1.54) is 10.8 Å². The van der Waals surface area contributed by atoms with Gasteiger partial charge in [0.1, 0.15) is 0 Å². The van der Waals surface area contributed by atoms with Gasteiger partial charge < -0.3 is 0 Å². The number of halogens is 1. The van der Waals surface area contributed by atoms with Crippen molar-refractivity contribution in [3.05, 3.63) is 42.5 Å². The first kappa shape index (κ1) is 9.09. The molecule has 0 aliphatic rings. The monoisotopic (exact) mass is 241 g/mol. The molecule has 0 atom stereocenters. The molecule has 2 rings (SSSR count). The molecule has 2 heteroatoms. The second-order valence-electron chi connectivity index (χ2n) is 2.15. The summed E-state index contributed by atoms with van der Waals surface area (Å²) in [5.41, 5.74) is 0. The van der Waals surface area contributed by atoms with Gasteiger partial charge in [-0.25, -0.2) is 0 Å². The van der Waals surface area contributed by atoms with Gasteiger partial charge in [0.15, 0.2) is 0 Å². The van der Waals surface area contributed by atoms with Crippen LogP contribution in [0.15, 0.2) is 42.5 Å². The Bertz CT molecular complexity index is 284. The normalized spacial score (nSPS) is 8.82. The molecule has 2 aromatic carbocycles. The molecule has 0 heterocycles. The Morgan fingerprint density at radius 2 is 1.82 bits per heavy atom. The molecule has 0 amide bonds. The Balaban J connectivity index is 0.000000281. The van der Waals surface area contributed by atoms with Crippen LogP contribution in [-0.4, -0.2) is 0 Å². The minimum atomic E-state index is 0.822. The molecule has 0 spiro atoms. The van der Waals surface area contributed by atoms with E-state index in [4.69, 9.17) is 8.51 Å². The number of fused-ring (bicyclic) bond motifs is 1. The van der Waals surface area contributed by atoms with Crippen LogP contribution in [-0.2, 0) is 23.5 Å². The molecule has 0 unspecified atom stereocenters. The number of hydrogen-bond donors (Lipinski definition) is 0. The second-order valence-corrected chi connectivity index (χ2v) is 2.15. The molecule has 0 bridgehead atoms. The summed E-state index contributed by atoms with van der Waals surface area (Å²) in [5, 5.41) is 2.66. The van der Waals surface area contributed by atoms with Crippen LogP contribution in [0, 0.1) is 0 Å². The minimum absolute atomic E-state index is 0.822. The predicted molar refractivity (Wildman–Crippen MR) is 46.8 cm³/mol. The first-order chi connectivity index (χ1) is 5.47. The molecular weight excluding hydrogens is 235 g/mol. The van der Waals surface area contributed by atoms with Gasteiger partial charge in [-0.2, -0.15) is 17.5 Å². The summed E-state index contributed by atoms with van der Waals surface area (Å²) in [6.45, 7) is 0. The molecular formula is C9H8ClZr-. The van der Waals surface area contributed by atoms with Crippen molar-refractivity contribution in [2.24, 2.45) is 0 Å². The molecule has 0 nitrogen and oxygen atoms in total. The molecule has 2 aromatic rings. The van der Waals surface area contributed by atoms with Crippen LogP contribution in [0.25, 0.3) is 10.8 Å². The fourth-order valence-electron chi connectivity index (χ4n) is 1.07. The maximum Gasteiger partial charge on any atom is -0.0809 e. The van der Waals surface area contributed by atoms with Gasteiger partial charge in [-0.1, -0.05) is 6.07 Å². The van der Waals surface area contributed by atoms with Gasteiger partial charge in [-0.15, -0.1) is 29.7 Å². The zero-order chi connectivity index (χ0) is 8.10. The van der Waals surface area contributed by atoms with Crippen LogP contribution in [0.4, 0.5) is 0 Å². The van der Waals surface area contributed by atoms with E-state index in [-0.39, 0.29) is 0 Å². The number of rotatable bonds is 0. The van der Waals surface area contributed by atoms with E-state index >= 15 is 0 Å². The van der Waals surface area contributed by atoms with Crippen molar-refractivity contribution in [3.8, 4) is 0 Å². The summed E-state index contributed by atoms with van der Waals surface area (Å²) >= 11 is 0.822. The third kappa shape index (κ3) is 2.22. The minimum Gasteiger partial charge on any atom is -0.168 e. The maximum atomic E-state index is 4.77. The average Bonchev–Trinajstić information content (AvgIpc) is 2.55. The fourth-order valence-corrected chi connectivity index (χ4v) is 1.07. The number of hydrogen-bond acceptors (Lipinski definition) is 0. The van der Waals surface area contributed by atoms with Gasteiger partial charge in [-0.05, 0) is 0 Å². The van der Waals surface area contributed by atoms with E-state index in [2.05, 4.69) is 42.5 Å². The summed E-state index contributed by atoms with van der Waals surface area (Å²) in [7, 11) is 4.77. The van der Waals surface area contributed by atoms with Crippen molar-refractivity contribution in [1.29, 1.82) is 0 Å². The predicted octanol–water partition coefficient (Wildman–Crippen LogP) is 2.98. The Kier molecular flexibility index (Phi) is 3.96. The molecule has 0 saturated carbocycles. The van der Waals surface area contributed by atoms with Crippen molar-refractivity contribution in [2.75, 3.05) is 0 Å². The summed E-state index contributed by atoms with van der Waals surface area (Å²) in [6.07, 6.45) is 0. The van der Waals surface area contributed by atoms with Gasteiger partial charge >= 0.3 is 32.0 Å². The molecule has 0 radical (unpaired) electrons. The topological polar surface area (TPSA) is 0 Å². The molecule has 11 heavy (non-hydrogen) atoms. The van der Waals surface area contributed by atoms with E-state index in [9.17, 15) is 0 Å². The Hall–Kier alpha value is 0.00312. The average molecular weight is 243 g/mol. The van der Waals surface area contributed by atoms with E-state index < -0.39 is 0 Å². The third-order valence-electron chi connectivity index (χ3n) is 1.55. The summed E-state index contributed by atoms with van der Waals surface area (Å²) in [6, 6.07) is 14.7. The van der Waals surface area contributed by atoms with Crippen LogP contribution in [0.2, 0.25) is 0 Å². The zero-order valence-electron chi connectivity index (χ0n) is 6.00. The largest absolute Gasteiger partial charge is 0.168 e. The molecule has 0 fully saturated rings. The van der Waals surface area contributed by atoms with Crippen LogP contribution >= 0.6 is 8.51 Å². The maximum absolute atomic E-state index is 4.77. The van der Waals surface area contributed by atoms with Gasteiger partial charge in [0, 0.05) is 0 Å². The molecule has 0 aromatic heterocycles. The van der Waals surface area contributed by atoms with Crippen LogP contribution in [0.3, 0.4) is 0 Å². The van der Waals surface area contributed by atoms with Gasteiger partial charge in [-0.3, -0.25) is 0 Å². The van der Waals surface area contributed by atoms with Gasteiger partial charge in [0.05, 0.1) is 0 Å². The van der Waals surface area contributed by atoms with E-state index in [1.807, 2.05) is 0 Å². The summed E-state index contributed by atoms with van der Waals surface area (Å²) in [4.78, 5) is 0. The van der Waals surface area contributed by atoms with Crippen molar-refractivity contribution >= 4 is 19.3 Å². The van der Waals surface area contributed by atoms with Crippen LogP contribution in [0.1, 0.15) is 0 Å². The molecule has 0 aliphatic heterocycles. The molecule has 0 N–H and O–H groups in total. The Morgan fingerprint density at radius 1 is 1.09 bits per heavy atom. The van der Waals surface area contributed by atoms with Crippen molar-refractivity contribution < 1.29 is 23.5 Å². The molecule has 56 valence electrons. The van der Waals surface area contributed by atoms with Crippen LogP contribution < -0.4 is 0 Å². The number of benzene rings is 1. The fraction of sp³-hybridized carbons (Fsp3) is 0. The Morgan fingerprint density at radius 3 is 2.55 bits per heavy atom. The van der Waals surface area contributed by atoms with Crippen molar-refractivity contribution in [3.63, 3.8) is 0 Å². The van der Waals surface area contributed by atoms with Gasteiger partial charge in [0.25, 0.3) is 0 Å². The SMILES string of the molecule is [Cl][ZrH].c1ccc2[cH-]ccc2c1. The van der Waals surface area contributed by atoms with E-state index in [0.29, 0.717) is 0 Å². The standard InChI is InChI=1S/C9H7.ClH.Zr.H/c1-2-5-9-7-3-6-8(9)4-1;;;/h1-7H;1H;;/q-1;;+1;/p-1. The zero-order valence-corrected chi connectivity index (χ0v) is 9.59. The van der Waals surface area contributed by atoms with Crippen molar-refractivity contribution in [1.82, 2.24) is 0 Å². The first-order valence-corrected chi connectivity index (χ1v) is 6.94. The van der Waals surface area contributed by atoms with Gasteiger partial charge in [0.2, 0.25) is 0 Å². The second kappa shape index (κ2) is 4.80. The molecule has 0 saturated heterocycles. The molecule has 0 aliphatic carbocycles. The Labute approximate surface area is 84.9 Å². The van der Waals surface area contributed by atoms with Crippen molar-refractivity contribution in [2.45, 2.75) is 0 Å². The van der Waals surface area contributed by atoms with E-state index in [1.54, 1.807) is 0 Å².